The molecule has 0 spiro atoms. The molecule has 1 aromatic rings. The van der Waals surface area contributed by atoms with E-state index in [-0.39, 0.29) is 17.8 Å². The minimum atomic E-state index is -0.423. The molecule has 0 amide bonds. The van der Waals surface area contributed by atoms with E-state index in [2.05, 4.69) is 4.98 Å². The van der Waals surface area contributed by atoms with Crippen molar-refractivity contribution in [1.29, 1.82) is 0 Å². The predicted molar refractivity (Wildman–Crippen MR) is 61.5 cm³/mol. The first-order chi connectivity index (χ1) is 7.57. The Morgan fingerprint density at radius 3 is 2.56 bits per heavy atom. The Labute approximate surface area is 95.8 Å². The molecule has 2 N–H and O–H groups in total. The Kier molecular flexibility index (Phi) is 4.43. The van der Waals surface area contributed by atoms with Crippen molar-refractivity contribution in [2.24, 2.45) is 17.6 Å². The first-order valence-corrected chi connectivity index (χ1v) is 5.32. The molecule has 88 valence electrons. The van der Waals surface area contributed by atoms with Gasteiger partial charge in [-0.3, -0.25) is 9.78 Å². The number of carbonyl (C=O) groups excluding carboxylic acids is 1. The number of hydrogen-bond donors (Lipinski definition) is 1. The van der Waals surface area contributed by atoms with Crippen LogP contribution in [0.15, 0.2) is 24.4 Å². The van der Waals surface area contributed by atoms with Crippen molar-refractivity contribution >= 4 is 5.97 Å². The van der Waals surface area contributed by atoms with Crippen LogP contribution in [0.2, 0.25) is 0 Å². The van der Waals surface area contributed by atoms with Gasteiger partial charge in [-0.05, 0) is 18.1 Å². The molecule has 0 fully saturated rings. The van der Waals surface area contributed by atoms with Gasteiger partial charge in [-0.25, -0.2) is 0 Å². The summed E-state index contributed by atoms with van der Waals surface area (Å²) in [7, 11) is 1.38. The molecule has 0 saturated carbocycles. The van der Waals surface area contributed by atoms with E-state index in [0.717, 1.165) is 0 Å². The van der Waals surface area contributed by atoms with E-state index in [4.69, 9.17) is 10.5 Å². The van der Waals surface area contributed by atoms with Crippen molar-refractivity contribution < 1.29 is 9.53 Å². The van der Waals surface area contributed by atoms with Crippen LogP contribution in [0.5, 0.6) is 0 Å². The average Bonchev–Trinajstić information content (AvgIpc) is 2.29. The summed E-state index contributed by atoms with van der Waals surface area (Å²) in [6, 6.07) is 5.08. The van der Waals surface area contributed by atoms with Gasteiger partial charge >= 0.3 is 5.97 Å². The van der Waals surface area contributed by atoms with Crippen molar-refractivity contribution in [3.63, 3.8) is 0 Å². The summed E-state index contributed by atoms with van der Waals surface area (Å²) in [6.45, 7) is 3.90. The molecule has 4 heteroatoms. The molecule has 0 aliphatic heterocycles. The van der Waals surface area contributed by atoms with Crippen molar-refractivity contribution in [3.05, 3.63) is 30.1 Å². The lowest BCUT2D eigenvalue weighted by Crippen LogP contribution is -2.33. The molecule has 0 aliphatic rings. The fraction of sp³-hybridized carbons (Fsp3) is 0.500. The normalized spacial score (nSPS) is 14.6. The van der Waals surface area contributed by atoms with E-state index in [1.165, 1.54) is 7.11 Å². The molecule has 2 atom stereocenters. The summed E-state index contributed by atoms with van der Waals surface area (Å²) in [4.78, 5) is 15.8. The van der Waals surface area contributed by atoms with Crippen LogP contribution in [0.4, 0.5) is 0 Å². The van der Waals surface area contributed by atoms with Crippen LogP contribution in [-0.4, -0.2) is 18.1 Å². The first-order valence-electron chi connectivity index (χ1n) is 5.32. The van der Waals surface area contributed by atoms with Crippen LogP contribution in [0.25, 0.3) is 0 Å². The second-order valence-electron chi connectivity index (χ2n) is 4.07. The first kappa shape index (κ1) is 12.6. The van der Waals surface area contributed by atoms with Gasteiger partial charge in [0.1, 0.15) is 0 Å². The van der Waals surface area contributed by atoms with Gasteiger partial charge < -0.3 is 10.5 Å². The van der Waals surface area contributed by atoms with Gasteiger partial charge in [0.15, 0.2) is 0 Å². The fourth-order valence-electron chi connectivity index (χ4n) is 1.73. The molecular formula is C12H18N2O2. The summed E-state index contributed by atoms with van der Waals surface area (Å²) in [6.07, 6.45) is 1.67. The third-order valence-corrected chi connectivity index (χ3v) is 2.61. The highest BCUT2D eigenvalue weighted by atomic mass is 16.5. The minimum absolute atomic E-state index is 0.115. The number of hydrogen-bond acceptors (Lipinski definition) is 4. The lowest BCUT2D eigenvalue weighted by Gasteiger charge is -2.24. The van der Waals surface area contributed by atoms with E-state index in [0.29, 0.717) is 5.69 Å². The number of carbonyl (C=O) groups is 1. The summed E-state index contributed by atoms with van der Waals surface area (Å²) >= 11 is 0. The third-order valence-electron chi connectivity index (χ3n) is 2.61. The van der Waals surface area contributed by atoms with Gasteiger partial charge in [-0.1, -0.05) is 19.9 Å². The highest BCUT2D eigenvalue weighted by molar-refractivity contribution is 5.73. The SMILES string of the molecule is COC(=O)C(C(C)C)C(N)c1ccccn1. The standard InChI is InChI=1S/C12H18N2O2/c1-8(2)10(12(15)16-3)11(13)9-6-4-5-7-14-9/h4-8,10-11H,13H2,1-3H3. The van der Waals surface area contributed by atoms with Crippen LogP contribution in [0.1, 0.15) is 25.6 Å². The van der Waals surface area contributed by atoms with Crippen LogP contribution >= 0.6 is 0 Å². The van der Waals surface area contributed by atoms with Crippen LogP contribution in [0.3, 0.4) is 0 Å². The monoisotopic (exact) mass is 222 g/mol. The smallest absolute Gasteiger partial charge is 0.310 e. The van der Waals surface area contributed by atoms with Gasteiger partial charge in [0, 0.05) is 6.20 Å². The van der Waals surface area contributed by atoms with Crippen molar-refractivity contribution in [2.75, 3.05) is 7.11 Å². The second kappa shape index (κ2) is 5.61. The maximum Gasteiger partial charge on any atom is 0.310 e. The Balaban J connectivity index is 2.92. The highest BCUT2D eigenvalue weighted by Crippen LogP contribution is 2.25. The molecule has 2 unspecified atom stereocenters. The minimum Gasteiger partial charge on any atom is -0.469 e. The Bertz CT molecular complexity index is 338. The number of nitrogens with two attached hydrogens (primary N) is 1. The topological polar surface area (TPSA) is 65.2 Å². The zero-order chi connectivity index (χ0) is 12.1. The molecule has 0 aliphatic carbocycles. The quantitative estimate of drug-likeness (QED) is 0.784. The Hall–Kier alpha value is -1.42. The van der Waals surface area contributed by atoms with E-state index in [9.17, 15) is 4.79 Å². The maximum absolute atomic E-state index is 11.6. The van der Waals surface area contributed by atoms with Crippen LogP contribution in [-0.2, 0) is 9.53 Å². The Morgan fingerprint density at radius 1 is 1.44 bits per heavy atom. The molecule has 16 heavy (non-hydrogen) atoms. The summed E-state index contributed by atoms with van der Waals surface area (Å²) in [5, 5.41) is 0. The van der Waals surface area contributed by atoms with Gasteiger partial charge in [0.25, 0.3) is 0 Å². The van der Waals surface area contributed by atoms with E-state index in [1.807, 2.05) is 32.0 Å². The second-order valence-corrected chi connectivity index (χ2v) is 4.07. The van der Waals surface area contributed by atoms with Gasteiger partial charge in [0.05, 0.1) is 24.8 Å². The zero-order valence-electron chi connectivity index (χ0n) is 9.88. The summed E-state index contributed by atoms with van der Waals surface area (Å²) in [5.41, 5.74) is 6.77. The molecule has 0 aromatic carbocycles. The number of esters is 1. The van der Waals surface area contributed by atoms with E-state index >= 15 is 0 Å². The summed E-state index contributed by atoms with van der Waals surface area (Å²) in [5.74, 6) is -0.530. The number of rotatable bonds is 4. The van der Waals surface area contributed by atoms with Crippen molar-refractivity contribution in [1.82, 2.24) is 4.98 Å². The molecular weight excluding hydrogens is 204 g/mol. The van der Waals surface area contributed by atoms with Crippen molar-refractivity contribution in [3.8, 4) is 0 Å². The fourth-order valence-corrected chi connectivity index (χ4v) is 1.73. The molecule has 0 saturated heterocycles. The lowest BCUT2D eigenvalue weighted by atomic mass is 9.87. The van der Waals surface area contributed by atoms with E-state index in [1.54, 1.807) is 6.20 Å². The largest absolute Gasteiger partial charge is 0.469 e. The predicted octanol–water partition coefficient (Wildman–Crippen LogP) is 1.53. The number of methoxy groups -OCH3 is 1. The molecule has 4 nitrogen and oxygen atoms in total. The Morgan fingerprint density at radius 2 is 2.12 bits per heavy atom. The molecule has 0 radical (unpaired) electrons. The molecule has 1 heterocycles. The number of ether oxygens (including phenoxy) is 1. The van der Waals surface area contributed by atoms with Crippen LogP contribution < -0.4 is 5.73 Å². The number of aromatic nitrogens is 1. The lowest BCUT2D eigenvalue weighted by molar-refractivity contribution is -0.148. The number of pyridine rings is 1. The summed E-state index contributed by atoms with van der Waals surface area (Å²) < 4.78 is 4.77. The van der Waals surface area contributed by atoms with Gasteiger partial charge in [-0.2, -0.15) is 0 Å². The molecule has 0 bridgehead atoms. The molecule has 1 rings (SSSR count). The third kappa shape index (κ3) is 2.79. The van der Waals surface area contributed by atoms with Crippen molar-refractivity contribution in [2.45, 2.75) is 19.9 Å². The number of nitrogens with zero attached hydrogens (tertiary/aromatic N) is 1. The average molecular weight is 222 g/mol. The van der Waals surface area contributed by atoms with E-state index < -0.39 is 6.04 Å². The van der Waals surface area contributed by atoms with Gasteiger partial charge in [0.2, 0.25) is 0 Å². The highest BCUT2D eigenvalue weighted by Gasteiger charge is 2.31. The van der Waals surface area contributed by atoms with Gasteiger partial charge in [-0.15, -0.1) is 0 Å². The zero-order valence-corrected chi connectivity index (χ0v) is 9.88. The maximum atomic E-state index is 11.6. The molecule has 1 aromatic heterocycles. The van der Waals surface area contributed by atoms with Crippen LogP contribution in [0, 0.1) is 11.8 Å².